The van der Waals surface area contributed by atoms with E-state index < -0.39 is 11.4 Å². The smallest absolute Gasteiger partial charge is 0.136 e. The zero-order chi connectivity index (χ0) is 15.3. The van der Waals surface area contributed by atoms with E-state index >= 15 is 0 Å². The van der Waals surface area contributed by atoms with Gasteiger partial charge >= 0.3 is 0 Å². The van der Waals surface area contributed by atoms with E-state index in [1.807, 2.05) is 39.8 Å². The van der Waals surface area contributed by atoms with Crippen LogP contribution >= 0.6 is 11.6 Å². The third kappa shape index (κ3) is 5.02. The van der Waals surface area contributed by atoms with Crippen LogP contribution in [0.4, 0.5) is 0 Å². The maximum Gasteiger partial charge on any atom is 0.136 e. The Kier molecular flexibility index (Phi) is 6.40. The highest BCUT2D eigenvalue weighted by Crippen LogP contribution is 2.28. The van der Waals surface area contributed by atoms with Crippen LogP contribution in [-0.4, -0.2) is 15.4 Å². The molecule has 20 heavy (non-hydrogen) atoms. The number of hydrogen-bond donors (Lipinski definition) is 1. The van der Waals surface area contributed by atoms with Crippen molar-refractivity contribution in [2.24, 2.45) is 0 Å². The number of rotatable bonds is 6. The summed E-state index contributed by atoms with van der Waals surface area (Å²) in [7, 11) is 0. The average molecular weight is 316 g/mol. The monoisotopic (exact) mass is 315 g/mol. The molecule has 0 aromatic heterocycles. The van der Waals surface area contributed by atoms with Gasteiger partial charge in [-0.3, -0.25) is 0 Å². The molecular formula is C15H22ClNO2S. The van der Waals surface area contributed by atoms with Gasteiger partial charge in [-0.2, -0.15) is 0 Å². The number of benzene rings is 1. The van der Waals surface area contributed by atoms with Gasteiger partial charge in [0.2, 0.25) is 0 Å². The zero-order valence-electron chi connectivity index (χ0n) is 12.4. The number of ether oxygens (including phenoxy) is 1. The van der Waals surface area contributed by atoms with Gasteiger partial charge in [-0.05, 0) is 39.8 Å². The van der Waals surface area contributed by atoms with Crippen molar-refractivity contribution < 1.29 is 9.29 Å². The summed E-state index contributed by atoms with van der Waals surface area (Å²) in [6.45, 7) is 11.7. The topological polar surface area (TPSA) is 44.3 Å². The van der Waals surface area contributed by atoms with Gasteiger partial charge in [-0.15, -0.1) is 4.72 Å². The summed E-state index contributed by atoms with van der Waals surface area (Å²) < 4.78 is 20.5. The highest BCUT2D eigenvalue weighted by Gasteiger charge is 2.26. The van der Waals surface area contributed by atoms with Gasteiger partial charge in [0.1, 0.15) is 16.6 Å². The molecule has 1 rings (SSSR count). The Balaban J connectivity index is 2.85. The fourth-order valence-electron chi connectivity index (χ4n) is 1.42. The largest absolute Gasteiger partial charge is 0.598 e. The first-order chi connectivity index (χ1) is 9.25. The molecular weight excluding hydrogens is 294 g/mol. The Labute approximate surface area is 129 Å². The molecule has 0 heterocycles. The molecule has 2 unspecified atom stereocenters. The Morgan fingerprint density at radius 1 is 1.50 bits per heavy atom. The fourth-order valence-corrected chi connectivity index (χ4v) is 2.36. The van der Waals surface area contributed by atoms with Crippen LogP contribution in [0.15, 0.2) is 30.9 Å². The van der Waals surface area contributed by atoms with Gasteiger partial charge in [-0.25, -0.2) is 0 Å². The van der Waals surface area contributed by atoms with Crippen LogP contribution in [0.3, 0.4) is 0 Å². The van der Waals surface area contributed by atoms with Crippen molar-refractivity contribution in [3.63, 3.8) is 0 Å². The van der Waals surface area contributed by atoms with Gasteiger partial charge in [0.05, 0.1) is 6.54 Å². The first kappa shape index (κ1) is 17.4. The lowest BCUT2D eigenvalue weighted by atomic mass is 10.2. The van der Waals surface area contributed by atoms with E-state index in [1.165, 1.54) is 0 Å². The molecule has 0 spiro atoms. The second-order valence-electron chi connectivity index (χ2n) is 5.48. The van der Waals surface area contributed by atoms with E-state index in [4.69, 9.17) is 16.3 Å². The van der Waals surface area contributed by atoms with Crippen LogP contribution < -0.4 is 9.46 Å². The Bertz CT molecular complexity index is 460. The molecule has 0 amide bonds. The molecule has 0 saturated heterocycles. The van der Waals surface area contributed by atoms with E-state index in [2.05, 4.69) is 11.3 Å². The number of nitrogens with one attached hydrogen (secondary N) is 1. The van der Waals surface area contributed by atoms with Crippen molar-refractivity contribution in [3.05, 3.63) is 41.4 Å². The molecule has 0 aliphatic carbocycles. The summed E-state index contributed by atoms with van der Waals surface area (Å²) >= 11 is 5.06. The highest BCUT2D eigenvalue weighted by molar-refractivity contribution is 7.90. The van der Waals surface area contributed by atoms with Gasteiger partial charge in [0, 0.05) is 21.9 Å². The first-order valence-electron chi connectivity index (χ1n) is 6.47. The molecule has 0 fully saturated rings. The first-order valence-corrected chi connectivity index (χ1v) is 8.00. The van der Waals surface area contributed by atoms with Gasteiger partial charge < -0.3 is 9.29 Å². The van der Waals surface area contributed by atoms with Crippen LogP contribution in [0.1, 0.15) is 33.3 Å². The second kappa shape index (κ2) is 7.36. The van der Waals surface area contributed by atoms with Gasteiger partial charge in [0.25, 0.3) is 0 Å². The summed E-state index contributed by atoms with van der Waals surface area (Å²) in [5.74, 6) is 0.684. The maximum atomic E-state index is 12.0. The minimum Gasteiger partial charge on any atom is -0.598 e. The quantitative estimate of drug-likeness (QED) is 0.640. The van der Waals surface area contributed by atoms with E-state index in [9.17, 15) is 4.55 Å². The van der Waals surface area contributed by atoms with E-state index in [0.717, 1.165) is 5.56 Å². The molecule has 0 saturated carbocycles. The standard InChI is InChI=1S/C15H22ClNO2S/c1-6-11(2)19-14-9-7-8-13(16)12(14)10-17-20(18)15(3,4)5/h6-9,11,17H,1,10H2,2-5H3. The summed E-state index contributed by atoms with van der Waals surface area (Å²) in [5.41, 5.74) is 0.806. The van der Waals surface area contributed by atoms with Crippen LogP contribution in [0.2, 0.25) is 5.02 Å². The lowest BCUT2D eigenvalue weighted by Crippen LogP contribution is -2.39. The summed E-state index contributed by atoms with van der Waals surface area (Å²) in [6, 6.07) is 5.48. The molecule has 1 aromatic rings. The zero-order valence-corrected chi connectivity index (χ0v) is 14.0. The molecule has 1 N–H and O–H groups in total. The molecule has 0 aliphatic rings. The Hall–Kier alpha value is -0.680. The SMILES string of the molecule is C=CC(C)Oc1cccc(Cl)c1CN[S+]([O-])C(C)(C)C. The van der Waals surface area contributed by atoms with E-state index in [1.54, 1.807) is 12.1 Å². The molecule has 1 aromatic carbocycles. The molecule has 0 aliphatic heterocycles. The minimum atomic E-state index is -1.15. The van der Waals surface area contributed by atoms with Crippen molar-refractivity contribution in [3.8, 4) is 5.75 Å². The van der Waals surface area contributed by atoms with E-state index in [-0.39, 0.29) is 10.9 Å². The maximum absolute atomic E-state index is 12.0. The minimum absolute atomic E-state index is 0.111. The normalized spacial score (nSPS) is 14.7. The Morgan fingerprint density at radius 3 is 2.70 bits per heavy atom. The summed E-state index contributed by atoms with van der Waals surface area (Å²) in [5, 5.41) is 0.595. The third-order valence-electron chi connectivity index (χ3n) is 2.66. The number of halogens is 1. The van der Waals surface area contributed by atoms with Crippen LogP contribution in [0, 0.1) is 0 Å². The highest BCUT2D eigenvalue weighted by atomic mass is 35.5. The molecule has 3 nitrogen and oxygen atoms in total. The van der Waals surface area contributed by atoms with Crippen molar-refractivity contribution in [1.29, 1.82) is 0 Å². The van der Waals surface area contributed by atoms with Crippen molar-refractivity contribution >= 4 is 23.0 Å². The van der Waals surface area contributed by atoms with Crippen LogP contribution in [0.25, 0.3) is 0 Å². The summed E-state index contributed by atoms with van der Waals surface area (Å²) in [4.78, 5) is 0. The van der Waals surface area contributed by atoms with E-state index in [0.29, 0.717) is 17.3 Å². The number of hydrogen-bond acceptors (Lipinski definition) is 3. The average Bonchev–Trinajstić information content (AvgIpc) is 2.36. The van der Waals surface area contributed by atoms with Crippen molar-refractivity contribution in [2.75, 3.05) is 0 Å². The molecule has 0 radical (unpaired) electrons. The van der Waals surface area contributed by atoms with Crippen LogP contribution in [-0.2, 0) is 17.9 Å². The van der Waals surface area contributed by atoms with Crippen molar-refractivity contribution in [1.82, 2.24) is 4.72 Å². The Morgan fingerprint density at radius 2 is 2.15 bits per heavy atom. The van der Waals surface area contributed by atoms with Crippen molar-refractivity contribution in [2.45, 2.75) is 45.1 Å². The lowest BCUT2D eigenvalue weighted by molar-refractivity contribution is 0.267. The van der Waals surface area contributed by atoms with Crippen LogP contribution in [0.5, 0.6) is 5.75 Å². The van der Waals surface area contributed by atoms with Gasteiger partial charge in [-0.1, -0.05) is 30.3 Å². The second-order valence-corrected chi connectivity index (χ2v) is 7.94. The predicted octanol–water partition coefficient (Wildman–Crippen LogP) is 3.85. The summed E-state index contributed by atoms with van der Waals surface area (Å²) in [6.07, 6.45) is 1.60. The third-order valence-corrected chi connectivity index (χ3v) is 4.53. The predicted molar refractivity (Wildman–Crippen MR) is 86.5 cm³/mol. The lowest BCUT2D eigenvalue weighted by Gasteiger charge is -2.24. The molecule has 5 heteroatoms. The molecule has 0 bridgehead atoms. The van der Waals surface area contributed by atoms with Gasteiger partial charge in [0.15, 0.2) is 0 Å². The molecule has 2 atom stereocenters. The molecule has 112 valence electrons. The fraction of sp³-hybridized carbons (Fsp3) is 0.467.